The fourth-order valence-electron chi connectivity index (χ4n) is 2.86. The second-order valence-corrected chi connectivity index (χ2v) is 9.17. The maximum Gasteiger partial charge on any atom is 0.410 e. The molecular formula is C18H22ClN3O3S. The van der Waals surface area contributed by atoms with Crippen molar-refractivity contribution in [3.05, 3.63) is 29.4 Å². The number of hydrogen-bond acceptors (Lipinski definition) is 5. The number of nitrogens with zero attached hydrogens (tertiary/aromatic N) is 3. The Morgan fingerprint density at radius 2 is 1.96 bits per heavy atom. The molecule has 8 heteroatoms. The van der Waals surface area contributed by atoms with Gasteiger partial charge in [0, 0.05) is 18.8 Å². The van der Waals surface area contributed by atoms with Crippen molar-refractivity contribution in [3.63, 3.8) is 0 Å². The topological polar surface area (TPSA) is 72.4 Å². The molecule has 2 aromatic rings. The van der Waals surface area contributed by atoms with E-state index in [1.807, 2.05) is 45.0 Å². The van der Waals surface area contributed by atoms with Crippen molar-refractivity contribution in [2.24, 2.45) is 5.92 Å². The van der Waals surface area contributed by atoms with Crippen LogP contribution in [-0.4, -0.2) is 49.6 Å². The second-order valence-electron chi connectivity index (χ2n) is 7.40. The molecule has 0 unspecified atom stereocenters. The number of amides is 1. The van der Waals surface area contributed by atoms with Crippen LogP contribution >= 0.6 is 11.6 Å². The normalized spacial score (nSPS) is 18.9. The number of aromatic nitrogens is 2. The van der Waals surface area contributed by atoms with Gasteiger partial charge in [-0.15, -0.1) is 0 Å². The van der Waals surface area contributed by atoms with E-state index in [2.05, 4.69) is 9.97 Å². The third-order valence-electron chi connectivity index (χ3n) is 4.04. The van der Waals surface area contributed by atoms with Crippen LogP contribution in [0.3, 0.4) is 0 Å². The van der Waals surface area contributed by atoms with Crippen LogP contribution in [0, 0.1) is 5.92 Å². The number of hydrogen-bond donors (Lipinski definition) is 0. The third kappa shape index (κ3) is 4.51. The molecule has 1 aromatic carbocycles. The highest BCUT2D eigenvalue weighted by atomic mass is 35.5. The predicted octanol–water partition coefficient (Wildman–Crippen LogP) is 3.65. The standard InChI is InChI=1S/C18H22ClN3O3S/c1-18(2,3)25-17(23)22-9-8-12(10-22)11-26(24)16-15(19)20-13-6-4-5-7-14(13)21-16/h4-7,12H,8-11H2,1-3H3/t12-,26-/m1/s1. The van der Waals surface area contributed by atoms with Crippen LogP contribution in [0.25, 0.3) is 11.0 Å². The largest absolute Gasteiger partial charge is 0.444 e. The van der Waals surface area contributed by atoms with E-state index in [0.717, 1.165) is 6.42 Å². The minimum Gasteiger partial charge on any atom is -0.444 e. The number of rotatable bonds is 3. The molecule has 0 N–H and O–H groups in total. The lowest BCUT2D eigenvalue weighted by molar-refractivity contribution is 0.0289. The van der Waals surface area contributed by atoms with Gasteiger partial charge < -0.3 is 9.64 Å². The summed E-state index contributed by atoms with van der Waals surface area (Å²) >= 11 is 6.18. The lowest BCUT2D eigenvalue weighted by atomic mass is 10.2. The van der Waals surface area contributed by atoms with Gasteiger partial charge in [0.2, 0.25) is 0 Å². The molecule has 26 heavy (non-hydrogen) atoms. The van der Waals surface area contributed by atoms with Crippen LogP contribution in [0.2, 0.25) is 5.15 Å². The summed E-state index contributed by atoms with van der Waals surface area (Å²) in [5.41, 5.74) is 0.823. The van der Waals surface area contributed by atoms with Gasteiger partial charge in [0.15, 0.2) is 10.2 Å². The predicted molar refractivity (Wildman–Crippen MR) is 102 cm³/mol. The number of ether oxygens (including phenoxy) is 1. The molecule has 140 valence electrons. The molecule has 0 radical (unpaired) electrons. The van der Waals surface area contributed by atoms with Crippen molar-refractivity contribution >= 4 is 39.5 Å². The zero-order valence-electron chi connectivity index (χ0n) is 15.1. The average molecular weight is 396 g/mol. The van der Waals surface area contributed by atoms with Crippen molar-refractivity contribution in [3.8, 4) is 0 Å². The summed E-state index contributed by atoms with van der Waals surface area (Å²) in [7, 11) is -1.37. The van der Waals surface area contributed by atoms with Gasteiger partial charge in [0.1, 0.15) is 5.60 Å². The van der Waals surface area contributed by atoms with Gasteiger partial charge in [0.05, 0.1) is 21.8 Å². The van der Waals surface area contributed by atoms with Crippen molar-refractivity contribution in [1.82, 2.24) is 14.9 Å². The molecule has 0 saturated carbocycles. The van der Waals surface area contributed by atoms with Gasteiger partial charge >= 0.3 is 6.09 Å². The SMILES string of the molecule is CC(C)(C)OC(=O)N1CC[C@@H](C[S@@](=O)c2nc3ccccc3nc2Cl)C1. The van der Waals surface area contributed by atoms with Gasteiger partial charge in [-0.05, 0) is 45.2 Å². The Labute approximate surface area is 160 Å². The fraction of sp³-hybridized carbons (Fsp3) is 0.500. The molecule has 6 nitrogen and oxygen atoms in total. The van der Waals surface area contributed by atoms with E-state index in [1.54, 1.807) is 4.90 Å². The Bertz CT molecular complexity index is 853. The maximum absolute atomic E-state index is 12.8. The van der Waals surface area contributed by atoms with Gasteiger partial charge in [-0.25, -0.2) is 14.8 Å². The van der Waals surface area contributed by atoms with Gasteiger partial charge in [-0.1, -0.05) is 23.7 Å². The number of fused-ring (bicyclic) bond motifs is 1. The Kier molecular flexibility index (Phi) is 5.48. The number of benzene rings is 1. The number of halogens is 1. The zero-order chi connectivity index (χ0) is 18.9. The molecule has 2 heterocycles. The van der Waals surface area contributed by atoms with Crippen LogP contribution < -0.4 is 0 Å². The van der Waals surface area contributed by atoms with Crippen LogP contribution in [0.1, 0.15) is 27.2 Å². The molecule has 1 saturated heterocycles. The summed E-state index contributed by atoms with van der Waals surface area (Å²) in [4.78, 5) is 22.5. The minimum atomic E-state index is -1.37. The first-order chi connectivity index (χ1) is 12.2. The smallest absolute Gasteiger partial charge is 0.410 e. The third-order valence-corrected chi connectivity index (χ3v) is 5.90. The van der Waals surface area contributed by atoms with Crippen LogP contribution in [-0.2, 0) is 15.5 Å². The number of para-hydroxylation sites is 2. The summed E-state index contributed by atoms with van der Waals surface area (Å²) in [5.74, 6) is 0.513. The summed E-state index contributed by atoms with van der Waals surface area (Å²) in [6.07, 6.45) is 0.457. The summed E-state index contributed by atoms with van der Waals surface area (Å²) in [6, 6.07) is 7.34. The van der Waals surface area contributed by atoms with E-state index in [0.29, 0.717) is 34.9 Å². The van der Waals surface area contributed by atoms with Crippen LogP contribution in [0.4, 0.5) is 4.79 Å². The molecular weight excluding hydrogens is 374 g/mol. The first-order valence-electron chi connectivity index (χ1n) is 8.51. The highest BCUT2D eigenvalue weighted by Gasteiger charge is 2.31. The van der Waals surface area contributed by atoms with Crippen molar-refractivity contribution in [1.29, 1.82) is 0 Å². The average Bonchev–Trinajstić information content (AvgIpc) is 3.01. The highest BCUT2D eigenvalue weighted by molar-refractivity contribution is 7.85. The molecule has 1 aliphatic rings. The first kappa shape index (κ1) is 19.0. The first-order valence-corrected chi connectivity index (χ1v) is 10.2. The fourth-order valence-corrected chi connectivity index (χ4v) is 4.54. The van der Waals surface area contributed by atoms with Crippen LogP contribution in [0.5, 0.6) is 0 Å². The quantitative estimate of drug-likeness (QED) is 0.793. The van der Waals surface area contributed by atoms with E-state index < -0.39 is 16.4 Å². The Balaban J connectivity index is 1.66. The molecule has 2 atom stereocenters. The molecule has 1 fully saturated rings. The molecule has 3 rings (SSSR count). The van der Waals surface area contributed by atoms with Gasteiger partial charge in [0.25, 0.3) is 0 Å². The number of carbonyl (C=O) groups is 1. The highest BCUT2D eigenvalue weighted by Crippen LogP contribution is 2.25. The summed E-state index contributed by atoms with van der Waals surface area (Å²) in [5, 5.41) is 0.477. The Morgan fingerprint density at radius 3 is 2.62 bits per heavy atom. The maximum atomic E-state index is 12.8. The van der Waals surface area contributed by atoms with Crippen molar-refractivity contribution in [2.45, 2.75) is 37.8 Å². The molecule has 1 aromatic heterocycles. The van der Waals surface area contributed by atoms with E-state index in [4.69, 9.17) is 16.3 Å². The molecule has 1 aliphatic heterocycles. The molecule has 1 amide bonds. The Hall–Kier alpha value is -1.73. The van der Waals surface area contributed by atoms with E-state index in [-0.39, 0.29) is 17.2 Å². The molecule has 0 spiro atoms. The minimum absolute atomic E-state index is 0.118. The number of likely N-dealkylation sites (tertiary alicyclic amines) is 1. The molecule has 0 aliphatic carbocycles. The van der Waals surface area contributed by atoms with Crippen molar-refractivity contribution < 1.29 is 13.7 Å². The van der Waals surface area contributed by atoms with Crippen molar-refractivity contribution in [2.75, 3.05) is 18.8 Å². The second kappa shape index (κ2) is 7.48. The monoisotopic (exact) mass is 395 g/mol. The van der Waals surface area contributed by atoms with Gasteiger partial charge in [-0.3, -0.25) is 4.21 Å². The lowest BCUT2D eigenvalue weighted by Gasteiger charge is -2.24. The summed E-state index contributed by atoms with van der Waals surface area (Å²) in [6.45, 7) is 6.66. The van der Waals surface area contributed by atoms with Crippen LogP contribution in [0.15, 0.2) is 29.3 Å². The van der Waals surface area contributed by atoms with Gasteiger partial charge in [-0.2, -0.15) is 0 Å². The van der Waals surface area contributed by atoms with E-state index >= 15 is 0 Å². The summed E-state index contributed by atoms with van der Waals surface area (Å²) < 4.78 is 18.2. The van der Waals surface area contributed by atoms with E-state index in [1.165, 1.54) is 0 Å². The Morgan fingerprint density at radius 1 is 1.31 bits per heavy atom. The lowest BCUT2D eigenvalue weighted by Crippen LogP contribution is -2.35. The number of carbonyl (C=O) groups excluding carboxylic acids is 1. The molecule has 0 bridgehead atoms. The zero-order valence-corrected chi connectivity index (χ0v) is 16.6. The van der Waals surface area contributed by atoms with E-state index in [9.17, 15) is 9.00 Å².